The Bertz CT molecular complexity index is 181. The second-order valence-corrected chi connectivity index (χ2v) is 11.3. The van der Waals surface area contributed by atoms with Gasteiger partial charge in [0.2, 0.25) is 0 Å². The molecule has 16 heavy (non-hydrogen) atoms. The molecule has 0 amide bonds. The van der Waals surface area contributed by atoms with Crippen LogP contribution in [0.5, 0.6) is 0 Å². The standard InChI is InChI=1S/C13H31N2P/c1-14(16(2,3)4)12-13-15-10-8-6-5-7-9-11-15/h16H,5-13H2,1-4H3. The zero-order valence-corrected chi connectivity index (χ0v) is 12.8. The second-order valence-electron chi connectivity index (χ2n) is 6.20. The van der Waals surface area contributed by atoms with E-state index in [0.717, 1.165) is 0 Å². The summed E-state index contributed by atoms with van der Waals surface area (Å²) >= 11 is 0. The Hall–Kier alpha value is 0.350. The quantitative estimate of drug-likeness (QED) is 0.704. The Morgan fingerprint density at radius 2 is 1.44 bits per heavy atom. The van der Waals surface area contributed by atoms with Gasteiger partial charge in [-0.05, 0) is 0 Å². The number of likely N-dealkylation sites (N-methyl/N-ethyl adjacent to an activating group) is 1. The molecule has 0 unspecified atom stereocenters. The summed E-state index contributed by atoms with van der Waals surface area (Å²) < 4.78 is 2.60. The number of nitrogens with zero attached hydrogens (tertiary/aromatic N) is 2. The average Bonchev–Trinajstić information content (AvgIpc) is 2.14. The zero-order chi connectivity index (χ0) is 12.0. The summed E-state index contributed by atoms with van der Waals surface area (Å²) in [5.41, 5.74) is 0. The fourth-order valence-electron chi connectivity index (χ4n) is 2.16. The van der Waals surface area contributed by atoms with Gasteiger partial charge in [0.05, 0.1) is 0 Å². The van der Waals surface area contributed by atoms with Gasteiger partial charge in [0.25, 0.3) is 0 Å². The first-order valence-electron chi connectivity index (χ1n) is 6.94. The summed E-state index contributed by atoms with van der Waals surface area (Å²) in [6.07, 6.45) is 7.18. The molecule has 1 aliphatic rings. The normalized spacial score (nSPS) is 21.8. The Morgan fingerprint density at radius 1 is 0.938 bits per heavy atom. The number of hydrogen-bond donors (Lipinski definition) is 0. The first kappa shape index (κ1) is 14.4. The third-order valence-electron chi connectivity index (χ3n) is 3.85. The van der Waals surface area contributed by atoms with Crippen LogP contribution in [0.2, 0.25) is 0 Å². The second kappa shape index (κ2) is 6.93. The van der Waals surface area contributed by atoms with E-state index < -0.39 is 7.41 Å². The zero-order valence-electron chi connectivity index (χ0n) is 11.8. The predicted octanol–water partition coefficient (Wildman–Crippen LogP) is 2.74. The van der Waals surface area contributed by atoms with Gasteiger partial charge < -0.3 is 0 Å². The number of rotatable bonds is 4. The molecule has 0 N–H and O–H groups in total. The van der Waals surface area contributed by atoms with Crippen LogP contribution in [-0.2, 0) is 0 Å². The van der Waals surface area contributed by atoms with Crippen molar-refractivity contribution in [1.29, 1.82) is 0 Å². The SMILES string of the molecule is CN(CCN1CCCCCCC1)[PH](C)(C)C. The van der Waals surface area contributed by atoms with Crippen molar-refractivity contribution in [2.45, 2.75) is 32.1 Å². The van der Waals surface area contributed by atoms with Crippen molar-refractivity contribution >= 4 is 7.41 Å². The fraction of sp³-hybridized carbons (Fsp3) is 1.00. The third kappa shape index (κ3) is 5.61. The molecule has 2 nitrogen and oxygen atoms in total. The van der Waals surface area contributed by atoms with Crippen LogP contribution in [0.4, 0.5) is 0 Å². The molecule has 98 valence electrons. The molecule has 0 aromatic rings. The van der Waals surface area contributed by atoms with Crippen LogP contribution >= 0.6 is 7.41 Å². The summed E-state index contributed by atoms with van der Waals surface area (Å²) in [6.45, 7) is 12.5. The van der Waals surface area contributed by atoms with E-state index in [0.29, 0.717) is 0 Å². The van der Waals surface area contributed by atoms with E-state index in [1.165, 1.54) is 58.3 Å². The first-order chi connectivity index (χ1) is 7.50. The molecule has 1 heterocycles. The van der Waals surface area contributed by atoms with Crippen LogP contribution < -0.4 is 0 Å². The van der Waals surface area contributed by atoms with E-state index in [2.05, 4.69) is 36.6 Å². The maximum atomic E-state index is 2.68. The molecule has 0 radical (unpaired) electrons. The summed E-state index contributed by atoms with van der Waals surface area (Å²) in [5, 5.41) is 0. The minimum atomic E-state index is -1.06. The van der Waals surface area contributed by atoms with Gasteiger partial charge in [0.1, 0.15) is 0 Å². The van der Waals surface area contributed by atoms with Crippen LogP contribution in [0.15, 0.2) is 0 Å². The fourth-order valence-corrected chi connectivity index (χ4v) is 2.93. The molecule has 0 saturated carbocycles. The molecule has 0 atom stereocenters. The molecular formula is C13H31N2P. The van der Waals surface area contributed by atoms with Crippen molar-refractivity contribution in [2.24, 2.45) is 0 Å². The summed E-state index contributed by atoms with van der Waals surface area (Å²) in [7, 11) is 1.24. The van der Waals surface area contributed by atoms with E-state index in [9.17, 15) is 0 Å². The van der Waals surface area contributed by atoms with Crippen molar-refractivity contribution in [3.63, 3.8) is 0 Å². The van der Waals surface area contributed by atoms with E-state index in [4.69, 9.17) is 0 Å². The monoisotopic (exact) mass is 246 g/mol. The molecular weight excluding hydrogens is 215 g/mol. The van der Waals surface area contributed by atoms with Gasteiger partial charge in [-0.2, -0.15) is 0 Å². The Morgan fingerprint density at radius 3 is 1.94 bits per heavy atom. The molecule has 0 aromatic heterocycles. The Labute approximate surface area is 103 Å². The summed E-state index contributed by atoms with van der Waals surface area (Å²) in [6, 6.07) is 0. The van der Waals surface area contributed by atoms with Crippen LogP contribution in [0.3, 0.4) is 0 Å². The third-order valence-corrected chi connectivity index (χ3v) is 6.36. The van der Waals surface area contributed by atoms with Crippen LogP contribution in [0, 0.1) is 0 Å². The van der Waals surface area contributed by atoms with E-state index in [1.807, 2.05) is 0 Å². The van der Waals surface area contributed by atoms with Crippen LogP contribution in [0.1, 0.15) is 32.1 Å². The van der Waals surface area contributed by atoms with Gasteiger partial charge in [-0.3, -0.25) is 0 Å². The van der Waals surface area contributed by atoms with Gasteiger partial charge in [-0.1, -0.05) is 0 Å². The molecule has 0 aromatic carbocycles. The minimum absolute atomic E-state index is 1.06. The topological polar surface area (TPSA) is 6.48 Å². The number of hydrogen-bond acceptors (Lipinski definition) is 2. The predicted molar refractivity (Wildman–Crippen MR) is 78.2 cm³/mol. The summed E-state index contributed by atoms with van der Waals surface area (Å²) in [5.74, 6) is 0. The van der Waals surface area contributed by atoms with Gasteiger partial charge in [0, 0.05) is 0 Å². The molecule has 0 spiro atoms. The average molecular weight is 246 g/mol. The van der Waals surface area contributed by atoms with Crippen molar-refractivity contribution < 1.29 is 0 Å². The Balaban J connectivity index is 2.24. The molecule has 1 fully saturated rings. The summed E-state index contributed by atoms with van der Waals surface area (Å²) in [4.78, 5) is 2.68. The molecule has 3 heteroatoms. The van der Waals surface area contributed by atoms with E-state index >= 15 is 0 Å². The van der Waals surface area contributed by atoms with Gasteiger partial charge in [-0.15, -0.1) is 0 Å². The molecule has 0 bridgehead atoms. The van der Waals surface area contributed by atoms with Crippen molar-refractivity contribution in [3.05, 3.63) is 0 Å². The Kier molecular flexibility index (Phi) is 6.25. The molecule has 1 rings (SSSR count). The van der Waals surface area contributed by atoms with Crippen molar-refractivity contribution in [1.82, 2.24) is 9.57 Å². The van der Waals surface area contributed by atoms with E-state index in [-0.39, 0.29) is 0 Å². The van der Waals surface area contributed by atoms with Crippen LogP contribution in [0.25, 0.3) is 0 Å². The molecule has 0 aliphatic carbocycles. The van der Waals surface area contributed by atoms with Gasteiger partial charge in [0.15, 0.2) is 0 Å². The van der Waals surface area contributed by atoms with Crippen LogP contribution in [-0.4, -0.2) is 62.8 Å². The van der Waals surface area contributed by atoms with Gasteiger partial charge >= 0.3 is 102 Å². The van der Waals surface area contributed by atoms with Crippen molar-refractivity contribution in [3.8, 4) is 0 Å². The first-order valence-corrected chi connectivity index (χ1v) is 10.4. The van der Waals surface area contributed by atoms with Crippen molar-refractivity contribution in [2.75, 3.05) is 53.2 Å². The van der Waals surface area contributed by atoms with Gasteiger partial charge in [-0.25, -0.2) is 0 Å². The maximum absolute atomic E-state index is 2.68. The van der Waals surface area contributed by atoms with E-state index in [1.54, 1.807) is 0 Å². The number of likely N-dealkylation sites (tertiary alicyclic amines) is 1. The molecule has 1 aliphatic heterocycles. The molecule has 1 saturated heterocycles.